The smallest absolute Gasteiger partial charge is 0.0570 e. The number of aliphatic hydroxyl groups excluding tert-OH is 1. The van der Waals surface area contributed by atoms with E-state index in [4.69, 9.17) is 0 Å². The normalized spacial score (nSPS) is 40.6. The van der Waals surface area contributed by atoms with Crippen LogP contribution in [-0.2, 0) is 0 Å². The van der Waals surface area contributed by atoms with E-state index in [9.17, 15) is 5.11 Å². The monoisotopic (exact) mass is 211 g/mol. The highest BCUT2D eigenvalue weighted by Crippen LogP contribution is 2.34. The van der Waals surface area contributed by atoms with Crippen LogP contribution in [-0.4, -0.2) is 23.3 Å². The van der Waals surface area contributed by atoms with Crippen LogP contribution in [0.15, 0.2) is 0 Å². The molecule has 2 N–H and O–H groups in total. The van der Waals surface area contributed by atoms with Gasteiger partial charge in [0.1, 0.15) is 0 Å². The fraction of sp³-hybridized carbons (Fsp3) is 1.00. The van der Waals surface area contributed by atoms with Crippen molar-refractivity contribution in [3.05, 3.63) is 0 Å². The van der Waals surface area contributed by atoms with Gasteiger partial charge in [0.2, 0.25) is 0 Å². The highest BCUT2D eigenvalue weighted by Gasteiger charge is 2.30. The van der Waals surface area contributed by atoms with Gasteiger partial charge in [-0.25, -0.2) is 0 Å². The third-order valence-electron chi connectivity index (χ3n) is 4.16. The summed E-state index contributed by atoms with van der Waals surface area (Å²) in [5.41, 5.74) is 0.551. The first-order valence-corrected chi connectivity index (χ1v) is 6.49. The fourth-order valence-electron chi connectivity index (χ4n) is 2.89. The molecule has 0 saturated heterocycles. The molecule has 2 aliphatic rings. The van der Waals surface area contributed by atoms with E-state index in [0.717, 1.165) is 12.8 Å². The van der Waals surface area contributed by atoms with Crippen molar-refractivity contribution in [2.75, 3.05) is 0 Å². The van der Waals surface area contributed by atoms with Crippen molar-refractivity contribution in [2.24, 2.45) is 5.41 Å². The SMILES string of the molecule is CC1(C)CCCC(NC2CC(O)C2)CC1. The van der Waals surface area contributed by atoms with Gasteiger partial charge in [-0.2, -0.15) is 0 Å². The van der Waals surface area contributed by atoms with Gasteiger partial charge >= 0.3 is 0 Å². The van der Waals surface area contributed by atoms with E-state index >= 15 is 0 Å². The predicted octanol–water partition coefficient (Wildman–Crippen LogP) is 2.46. The topological polar surface area (TPSA) is 32.3 Å². The number of nitrogens with one attached hydrogen (secondary N) is 1. The van der Waals surface area contributed by atoms with E-state index in [1.54, 1.807) is 0 Å². The lowest BCUT2D eigenvalue weighted by atomic mass is 9.85. The molecule has 2 aliphatic carbocycles. The van der Waals surface area contributed by atoms with Crippen LogP contribution in [0.25, 0.3) is 0 Å². The second-order valence-electron chi connectivity index (χ2n) is 6.28. The van der Waals surface area contributed by atoms with Crippen molar-refractivity contribution < 1.29 is 5.11 Å². The average molecular weight is 211 g/mol. The first-order valence-electron chi connectivity index (χ1n) is 6.49. The van der Waals surface area contributed by atoms with E-state index in [-0.39, 0.29) is 6.10 Å². The van der Waals surface area contributed by atoms with Gasteiger partial charge in [-0.15, -0.1) is 0 Å². The molecule has 0 heterocycles. The summed E-state index contributed by atoms with van der Waals surface area (Å²) < 4.78 is 0. The lowest BCUT2D eigenvalue weighted by molar-refractivity contribution is 0.0566. The van der Waals surface area contributed by atoms with E-state index in [1.165, 1.54) is 32.1 Å². The largest absolute Gasteiger partial charge is 0.393 e. The Kier molecular flexibility index (Phi) is 3.36. The molecule has 2 saturated carbocycles. The Hall–Kier alpha value is -0.0800. The summed E-state index contributed by atoms with van der Waals surface area (Å²) in [6, 6.07) is 1.32. The second-order valence-corrected chi connectivity index (χ2v) is 6.28. The minimum atomic E-state index is -0.0234. The fourth-order valence-corrected chi connectivity index (χ4v) is 2.89. The van der Waals surface area contributed by atoms with Crippen LogP contribution in [0.5, 0.6) is 0 Å². The highest BCUT2D eigenvalue weighted by molar-refractivity contribution is 4.89. The van der Waals surface area contributed by atoms with Gasteiger partial charge in [-0.1, -0.05) is 20.3 Å². The summed E-state index contributed by atoms with van der Waals surface area (Å²) in [4.78, 5) is 0. The van der Waals surface area contributed by atoms with Gasteiger partial charge in [0.05, 0.1) is 6.10 Å². The molecule has 1 atom stereocenters. The maximum Gasteiger partial charge on any atom is 0.0570 e. The maximum absolute atomic E-state index is 9.25. The zero-order valence-electron chi connectivity index (χ0n) is 10.1. The first-order chi connectivity index (χ1) is 7.05. The summed E-state index contributed by atoms with van der Waals surface area (Å²) in [5, 5.41) is 12.9. The van der Waals surface area contributed by atoms with Crippen LogP contribution >= 0.6 is 0 Å². The predicted molar refractivity (Wildman–Crippen MR) is 62.8 cm³/mol. The van der Waals surface area contributed by atoms with Crippen molar-refractivity contribution in [3.8, 4) is 0 Å². The molecule has 0 spiro atoms. The molecule has 15 heavy (non-hydrogen) atoms. The Morgan fingerprint density at radius 3 is 2.47 bits per heavy atom. The van der Waals surface area contributed by atoms with Crippen LogP contribution in [0.1, 0.15) is 58.8 Å². The lowest BCUT2D eigenvalue weighted by Crippen LogP contribution is -2.48. The number of hydrogen-bond acceptors (Lipinski definition) is 2. The van der Waals surface area contributed by atoms with Crippen molar-refractivity contribution in [1.29, 1.82) is 0 Å². The third kappa shape index (κ3) is 3.18. The minimum absolute atomic E-state index is 0.0234. The van der Waals surface area contributed by atoms with Gasteiger partial charge < -0.3 is 10.4 Å². The standard InChI is InChI=1S/C13H25NO/c1-13(2)6-3-4-10(5-7-13)14-11-8-12(15)9-11/h10-12,14-15H,3-9H2,1-2H3. The summed E-state index contributed by atoms with van der Waals surface area (Å²) in [5.74, 6) is 0. The molecule has 0 bridgehead atoms. The zero-order chi connectivity index (χ0) is 10.9. The molecule has 0 radical (unpaired) electrons. The molecule has 2 rings (SSSR count). The Bertz CT molecular complexity index is 209. The van der Waals surface area contributed by atoms with Crippen molar-refractivity contribution in [3.63, 3.8) is 0 Å². The molecule has 0 aliphatic heterocycles. The van der Waals surface area contributed by atoms with Crippen LogP contribution in [0.3, 0.4) is 0 Å². The summed E-state index contributed by atoms with van der Waals surface area (Å²) in [6.07, 6.45) is 8.65. The molecule has 1 unspecified atom stereocenters. The number of rotatable bonds is 2. The van der Waals surface area contributed by atoms with Crippen molar-refractivity contribution in [1.82, 2.24) is 5.32 Å². The maximum atomic E-state index is 9.25. The summed E-state index contributed by atoms with van der Waals surface area (Å²) in [7, 11) is 0. The molecule has 0 aromatic rings. The molecule has 88 valence electrons. The van der Waals surface area contributed by atoms with E-state index < -0.39 is 0 Å². The zero-order valence-corrected chi connectivity index (χ0v) is 10.1. The lowest BCUT2D eigenvalue weighted by Gasteiger charge is -2.35. The van der Waals surface area contributed by atoms with Crippen LogP contribution in [0.4, 0.5) is 0 Å². The van der Waals surface area contributed by atoms with Gasteiger partial charge in [0.25, 0.3) is 0 Å². The Morgan fingerprint density at radius 2 is 1.80 bits per heavy atom. The van der Waals surface area contributed by atoms with E-state index in [1.807, 2.05) is 0 Å². The molecular weight excluding hydrogens is 186 g/mol. The van der Waals surface area contributed by atoms with Crippen LogP contribution in [0, 0.1) is 5.41 Å². The minimum Gasteiger partial charge on any atom is -0.393 e. The molecule has 2 nitrogen and oxygen atoms in total. The van der Waals surface area contributed by atoms with Crippen molar-refractivity contribution >= 4 is 0 Å². The molecule has 0 aromatic heterocycles. The number of hydrogen-bond donors (Lipinski definition) is 2. The molecule has 0 amide bonds. The van der Waals surface area contributed by atoms with Crippen LogP contribution in [0.2, 0.25) is 0 Å². The van der Waals surface area contributed by atoms with E-state index in [2.05, 4.69) is 19.2 Å². The third-order valence-corrected chi connectivity index (χ3v) is 4.16. The molecule has 0 aromatic carbocycles. The quantitative estimate of drug-likeness (QED) is 0.688. The Labute approximate surface area is 93.5 Å². The molecular formula is C13H25NO. The Balaban J connectivity index is 1.74. The summed E-state index contributed by atoms with van der Waals surface area (Å²) >= 11 is 0. The van der Waals surface area contributed by atoms with E-state index in [0.29, 0.717) is 17.5 Å². The Morgan fingerprint density at radius 1 is 1.07 bits per heavy atom. The van der Waals surface area contributed by atoms with Crippen LogP contribution < -0.4 is 5.32 Å². The molecule has 2 fully saturated rings. The van der Waals surface area contributed by atoms with Gasteiger partial charge in [-0.3, -0.25) is 0 Å². The van der Waals surface area contributed by atoms with Gasteiger partial charge in [-0.05, 0) is 43.9 Å². The average Bonchev–Trinajstić information content (AvgIpc) is 2.25. The van der Waals surface area contributed by atoms with Gasteiger partial charge in [0, 0.05) is 12.1 Å². The van der Waals surface area contributed by atoms with Gasteiger partial charge in [0.15, 0.2) is 0 Å². The molecule has 2 heteroatoms. The second kappa shape index (κ2) is 4.42. The number of aliphatic hydroxyl groups is 1. The first kappa shape index (κ1) is 11.4. The van der Waals surface area contributed by atoms with Crippen molar-refractivity contribution in [2.45, 2.75) is 77.0 Å². The summed E-state index contributed by atoms with van der Waals surface area (Å²) in [6.45, 7) is 4.78. The highest BCUT2D eigenvalue weighted by atomic mass is 16.3.